The highest BCUT2D eigenvalue weighted by Crippen LogP contribution is 2.21. The minimum Gasteiger partial charge on any atom is -0.349 e. The molecule has 0 spiro atoms. The number of guanidine groups is 1. The molecular weight excluding hydrogens is 222 g/mol. The fourth-order valence-electron chi connectivity index (χ4n) is 1.96. The molecule has 2 rings (SSSR count). The van der Waals surface area contributed by atoms with Gasteiger partial charge < -0.3 is 9.80 Å². The predicted molar refractivity (Wildman–Crippen MR) is 78.4 cm³/mol. The standard InChI is InChI=1S/C15H19N3/c1-17(2)15(18(3)4)16-14-10-9-12-7-5-6-8-13(12)11-14/h5-11H,1-4H3. The molecular formula is C15H19N3. The summed E-state index contributed by atoms with van der Waals surface area (Å²) in [6.07, 6.45) is 0. The Morgan fingerprint density at radius 2 is 1.44 bits per heavy atom. The van der Waals surface area contributed by atoms with E-state index in [1.54, 1.807) is 0 Å². The molecule has 0 bridgehead atoms. The second-order valence-electron chi connectivity index (χ2n) is 4.73. The Balaban J connectivity index is 2.44. The van der Waals surface area contributed by atoms with E-state index in [4.69, 9.17) is 0 Å². The summed E-state index contributed by atoms with van der Waals surface area (Å²) in [5.41, 5.74) is 0.978. The molecule has 3 heteroatoms. The average molecular weight is 241 g/mol. The van der Waals surface area contributed by atoms with Gasteiger partial charge in [0.15, 0.2) is 0 Å². The van der Waals surface area contributed by atoms with Gasteiger partial charge in [-0.2, -0.15) is 0 Å². The molecule has 0 amide bonds. The normalized spacial score (nSPS) is 10.2. The van der Waals surface area contributed by atoms with Crippen LogP contribution in [0.3, 0.4) is 0 Å². The van der Waals surface area contributed by atoms with Crippen LogP contribution in [0, 0.1) is 0 Å². The van der Waals surface area contributed by atoms with Gasteiger partial charge in [0, 0.05) is 28.2 Å². The first-order valence-electron chi connectivity index (χ1n) is 6.00. The van der Waals surface area contributed by atoms with Gasteiger partial charge in [0.2, 0.25) is 5.96 Å². The van der Waals surface area contributed by atoms with Crippen molar-refractivity contribution >= 4 is 22.4 Å². The van der Waals surface area contributed by atoms with E-state index in [-0.39, 0.29) is 0 Å². The summed E-state index contributed by atoms with van der Waals surface area (Å²) in [5, 5.41) is 2.46. The van der Waals surface area contributed by atoms with Crippen molar-refractivity contribution < 1.29 is 0 Å². The first kappa shape index (κ1) is 12.4. The quantitative estimate of drug-likeness (QED) is 0.564. The molecule has 0 aliphatic heterocycles. The van der Waals surface area contributed by atoms with Gasteiger partial charge in [0.25, 0.3) is 0 Å². The van der Waals surface area contributed by atoms with E-state index in [9.17, 15) is 0 Å². The van der Waals surface area contributed by atoms with Crippen LogP contribution in [-0.2, 0) is 0 Å². The zero-order valence-corrected chi connectivity index (χ0v) is 11.4. The maximum Gasteiger partial charge on any atom is 0.200 e. The third-order valence-electron chi connectivity index (χ3n) is 2.76. The molecule has 0 heterocycles. The first-order valence-corrected chi connectivity index (χ1v) is 6.00. The van der Waals surface area contributed by atoms with E-state index in [0.29, 0.717) is 0 Å². The van der Waals surface area contributed by atoms with E-state index in [2.05, 4.69) is 47.5 Å². The van der Waals surface area contributed by atoms with Gasteiger partial charge in [-0.1, -0.05) is 30.3 Å². The molecule has 94 valence electrons. The van der Waals surface area contributed by atoms with Gasteiger partial charge in [-0.25, -0.2) is 4.99 Å². The maximum atomic E-state index is 4.68. The van der Waals surface area contributed by atoms with Crippen molar-refractivity contribution in [2.75, 3.05) is 28.2 Å². The lowest BCUT2D eigenvalue weighted by Crippen LogP contribution is -2.35. The molecule has 3 nitrogen and oxygen atoms in total. The van der Waals surface area contributed by atoms with Gasteiger partial charge in [-0.15, -0.1) is 0 Å². The monoisotopic (exact) mass is 241 g/mol. The molecule has 0 aliphatic rings. The second-order valence-corrected chi connectivity index (χ2v) is 4.73. The van der Waals surface area contributed by atoms with Crippen LogP contribution in [0.25, 0.3) is 10.8 Å². The predicted octanol–water partition coefficient (Wildman–Crippen LogP) is 2.95. The number of aliphatic imine (C=N–C) groups is 1. The fraction of sp³-hybridized carbons (Fsp3) is 0.267. The second kappa shape index (κ2) is 5.08. The zero-order valence-electron chi connectivity index (χ0n) is 11.4. The molecule has 0 fully saturated rings. The molecule has 0 saturated carbocycles. The zero-order chi connectivity index (χ0) is 13.1. The van der Waals surface area contributed by atoms with Crippen LogP contribution < -0.4 is 0 Å². The van der Waals surface area contributed by atoms with E-state index in [0.717, 1.165) is 11.6 Å². The molecule has 2 aromatic rings. The molecule has 0 atom stereocenters. The van der Waals surface area contributed by atoms with Crippen molar-refractivity contribution in [3.63, 3.8) is 0 Å². The Hall–Kier alpha value is -2.03. The Morgan fingerprint density at radius 3 is 2.06 bits per heavy atom. The van der Waals surface area contributed by atoms with Crippen LogP contribution in [0.15, 0.2) is 47.5 Å². The third-order valence-corrected chi connectivity index (χ3v) is 2.76. The highest BCUT2D eigenvalue weighted by molar-refractivity contribution is 5.87. The SMILES string of the molecule is CN(C)C(=Nc1ccc2ccccc2c1)N(C)C. The highest BCUT2D eigenvalue weighted by atomic mass is 15.3. The summed E-state index contributed by atoms with van der Waals surface area (Å²) in [6, 6.07) is 14.6. The topological polar surface area (TPSA) is 18.8 Å². The highest BCUT2D eigenvalue weighted by Gasteiger charge is 2.04. The minimum atomic E-state index is 0.935. The summed E-state index contributed by atoms with van der Waals surface area (Å²) in [6.45, 7) is 0. The first-order chi connectivity index (χ1) is 8.58. The largest absolute Gasteiger partial charge is 0.349 e. The van der Waals surface area contributed by atoms with Crippen LogP contribution in [0.1, 0.15) is 0 Å². The summed E-state index contributed by atoms with van der Waals surface area (Å²) >= 11 is 0. The van der Waals surface area contributed by atoms with Crippen molar-refractivity contribution in [1.29, 1.82) is 0 Å². The lowest BCUT2D eigenvalue weighted by atomic mass is 10.1. The molecule has 0 saturated heterocycles. The Kier molecular flexibility index (Phi) is 3.51. The number of nitrogens with zero attached hydrogens (tertiary/aromatic N) is 3. The number of hydrogen-bond acceptors (Lipinski definition) is 1. The summed E-state index contributed by atoms with van der Waals surface area (Å²) in [4.78, 5) is 8.69. The number of rotatable bonds is 1. The lowest BCUT2D eigenvalue weighted by molar-refractivity contribution is 0.484. The summed E-state index contributed by atoms with van der Waals surface area (Å²) in [7, 11) is 8.00. The van der Waals surface area contributed by atoms with Crippen LogP contribution in [0.4, 0.5) is 5.69 Å². The maximum absolute atomic E-state index is 4.68. The molecule has 0 radical (unpaired) electrons. The third kappa shape index (κ3) is 2.62. The van der Waals surface area contributed by atoms with Crippen molar-refractivity contribution in [1.82, 2.24) is 9.80 Å². The molecule has 0 unspecified atom stereocenters. The molecule has 0 aliphatic carbocycles. The average Bonchev–Trinajstić information content (AvgIpc) is 2.35. The fourth-order valence-corrected chi connectivity index (χ4v) is 1.96. The Morgan fingerprint density at radius 1 is 0.833 bits per heavy atom. The van der Waals surface area contributed by atoms with Gasteiger partial charge in [0.05, 0.1) is 5.69 Å². The van der Waals surface area contributed by atoms with E-state index in [1.165, 1.54) is 10.8 Å². The van der Waals surface area contributed by atoms with E-state index >= 15 is 0 Å². The van der Waals surface area contributed by atoms with Gasteiger partial charge >= 0.3 is 0 Å². The van der Waals surface area contributed by atoms with Gasteiger partial charge in [-0.05, 0) is 22.9 Å². The van der Waals surface area contributed by atoms with Crippen molar-refractivity contribution in [3.8, 4) is 0 Å². The summed E-state index contributed by atoms with van der Waals surface area (Å²) < 4.78 is 0. The Bertz CT molecular complexity index is 561. The minimum absolute atomic E-state index is 0.935. The van der Waals surface area contributed by atoms with Crippen molar-refractivity contribution in [2.24, 2.45) is 4.99 Å². The van der Waals surface area contributed by atoms with Crippen molar-refractivity contribution in [2.45, 2.75) is 0 Å². The van der Waals surface area contributed by atoms with Gasteiger partial charge in [0.1, 0.15) is 0 Å². The van der Waals surface area contributed by atoms with Gasteiger partial charge in [-0.3, -0.25) is 0 Å². The van der Waals surface area contributed by atoms with Crippen LogP contribution in [0.2, 0.25) is 0 Å². The molecule has 2 aromatic carbocycles. The number of benzene rings is 2. The van der Waals surface area contributed by atoms with Crippen LogP contribution >= 0.6 is 0 Å². The number of hydrogen-bond donors (Lipinski definition) is 0. The molecule has 18 heavy (non-hydrogen) atoms. The van der Waals surface area contributed by atoms with Crippen LogP contribution in [0.5, 0.6) is 0 Å². The Labute approximate surface area is 108 Å². The smallest absolute Gasteiger partial charge is 0.200 e. The summed E-state index contributed by atoms with van der Waals surface area (Å²) in [5.74, 6) is 0.935. The van der Waals surface area contributed by atoms with E-state index in [1.807, 2.05) is 38.0 Å². The van der Waals surface area contributed by atoms with E-state index < -0.39 is 0 Å². The molecule has 0 aromatic heterocycles. The molecule has 0 N–H and O–H groups in total. The van der Waals surface area contributed by atoms with Crippen molar-refractivity contribution in [3.05, 3.63) is 42.5 Å². The van der Waals surface area contributed by atoms with Crippen LogP contribution in [-0.4, -0.2) is 44.0 Å². The lowest BCUT2D eigenvalue weighted by Gasteiger charge is -2.22. The number of fused-ring (bicyclic) bond motifs is 1.